The molecule has 1 fully saturated rings. The van der Waals surface area contributed by atoms with Gasteiger partial charge in [0.05, 0.1) is 11.2 Å². The van der Waals surface area contributed by atoms with Gasteiger partial charge in [-0.05, 0) is 53.5 Å². The van der Waals surface area contributed by atoms with Crippen LogP contribution in [0.3, 0.4) is 0 Å². The van der Waals surface area contributed by atoms with Gasteiger partial charge in [-0.15, -0.1) is 0 Å². The van der Waals surface area contributed by atoms with Crippen molar-refractivity contribution in [3.63, 3.8) is 0 Å². The number of rotatable bonds is 7. The number of aliphatic hydroxyl groups excluding tert-OH is 1. The summed E-state index contributed by atoms with van der Waals surface area (Å²) in [5.74, 6) is -1.29. The van der Waals surface area contributed by atoms with Gasteiger partial charge < -0.3 is 19.2 Å². The molecule has 1 rings (SSSR count). The van der Waals surface area contributed by atoms with Crippen LogP contribution in [-0.4, -0.2) is 35.5 Å². The van der Waals surface area contributed by atoms with Gasteiger partial charge in [-0.1, -0.05) is 13.5 Å². The maximum atomic E-state index is 13.5. The van der Waals surface area contributed by atoms with Crippen molar-refractivity contribution in [1.29, 1.82) is 0 Å². The van der Waals surface area contributed by atoms with Gasteiger partial charge in [0.2, 0.25) is 0 Å². The van der Waals surface area contributed by atoms with Gasteiger partial charge in [0, 0.05) is 13.0 Å². The van der Waals surface area contributed by atoms with Crippen molar-refractivity contribution in [3.05, 3.63) is 24.2 Å². The second-order valence-electron chi connectivity index (χ2n) is 7.31. The maximum absolute atomic E-state index is 13.5. The molecule has 0 radical (unpaired) electrons. The van der Waals surface area contributed by atoms with Crippen molar-refractivity contribution in [2.24, 2.45) is 5.92 Å². The van der Waals surface area contributed by atoms with Crippen molar-refractivity contribution in [2.75, 3.05) is 6.61 Å². The molecule has 0 aromatic heterocycles. The summed E-state index contributed by atoms with van der Waals surface area (Å²) in [6.45, 7) is 17.3. The average molecular weight is 328 g/mol. The second kappa shape index (κ2) is 6.95. The number of halogens is 1. The van der Waals surface area contributed by atoms with Crippen LogP contribution in [0.1, 0.15) is 54.9 Å². The monoisotopic (exact) mass is 328 g/mol. The Bertz CT molecular complexity index is 459. The van der Waals surface area contributed by atoms with Gasteiger partial charge in [-0.3, -0.25) is 0 Å². The van der Waals surface area contributed by atoms with E-state index < -0.39 is 29.6 Å². The number of aliphatic hydroxyl groups is 1. The van der Waals surface area contributed by atoms with E-state index in [1.54, 1.807) is 0 Å². The van der Waals surface area contributed by atoms with E-state index in [1.807, 2.05) is 48.5 Å². The summed E-state index contributed by atoms with van der Waals surface area (Å²) < 4.78 is 31.7. The maximum Gasteiger partial charge on any atom is 0.492 e. The van der Waals surface area contributed by atoms with Crippen LogP contribution in [0.5, 0.6) is 0 Å². The summed E-state index contributed by atoms with van der Waals surface area (Å²) in [5.41, 5.74) is -1.80. The molecule has 4 nitrogen and oxygen atoms in total. The van der Waals surface area contributed by atoms with Crippen LogP contribution in [0, 0.1) is 5.92 Å². The Morgan fingerprint density at radius 3 is 2.22 bits per heavy atom. The van der Waals surface area contributed by atoms with Crippen molar-refractivity contribution >= 4 is 7.12 Å². The molecule has 1 heterocycles. The number of ether oxygens (including phenoxy) is 1. The number of hydrogen-bond donors (Lipinski definition) is 1. The lowest BCUT2D eigenvalue weighted by molar-refractivity contribution is -0.0316. The molecule has 1 aliphatic rings. The fourth-order valence-electron chi connectivity index (χ4n) is 2.54. The van der Waals surface area contributed by atoms with Crippen molar-refractivity contribution in [3.8, 4) is 0 Å². The highest BCUT2D eigenvalue weighted by atomic mass is 19.1. The molecule has 0 aromatic rings. The highest BCUT2D eigenvalue weighted by molar-refractivity contribution is 6.49. The van der Waals surface area contributed by atoms with E-state index in [-0.39, 0.29) is 18.1 Å². The minimum Gasteiger partial charge on any atom is -0.509 e. The largest absolute Gasteiger partial charge is 0.509 e. The Morgan fingerprint density at radius 1 is 1.35 bits per heavy atom. The van der Waals surface area contributed by atoms with E-state index in [0.717, 1.165) is 6.08 Å². The van der Waals surface area contributed by atoms with Crippen molar-refractivity contribution < 1.29 is 23.5 Å². The Hall–Kier alpha value is -0.845. The van der Waals surface area contributed by atoms with Crippen LogP contribution < -0.4 is 0 Å². The zero-order valence-corrected chi connectivity index (χ0v) is 15.4. The van der Waals surface area contributed by atoms with Gasteiger partial charge in [0.1, 0.15) is 11.3 Å². The van der Waals surface area contributed by atoms with Crippen molar-refractivity contribution in [1.82, 2.24) is 0 Å². The van der Waals surface area contributed by atoms with Crippen molar-refractivity contribution in [2.45, 2.75) is 71.6 Å². The Morgan fingerprint density at radius 2 is 1.83 bits per heavy atom. The van der Waals surface area contributed by atoms with Gasteiger partial charge in [0.25, 0.3) is 0 Å². The normalized spacial score (nSPS) is 24.8. The van der Waals surface area contributed by atoms with Gasteiger partial charge >= 0.3 is 7.12 Å². The Labute approximate surface area is 139 Å². The molecule has 0 bridgehead atoms. The van der Waals surface area contributed by atoms with E-state index in [1.165, 1.54) is 0 Å². The molecule has 1 saturated heterocycles. The number of allylic oxidation sites excluding steroid dienone is 3. The molecule has 1 N–H and O–H groups in total. The molecule has 23 heavy (non-hydrogen) atoms. The molecule has 0 saturated carbocycles. The molecule has 0 spiro atoms. The third-order valence-electron chi connectivity index (χ3n) is 5.11. The summed E-state index contributed by atoms with van der Waals surface area (Å²) in [6, 6.07) is 0. The molecule has 0 amide bonds. The Balaban J connectivity index is 3.06. The van der Waals surface area contributed by atoms with E-state index in [2.05, 4.69) is 6.58 Å². The first-order valence-corrected chi connectivity index (χ1v) is 8.11. The summed E-state index contributed by atoms with van der Waals surface area (Å²) in [4.78, 5) is 0. The van der Waals surface area contributed by atoms with E-state index in [9.17, 15) is 9.50 Å². The average Bonchev–Trinajstić information content (AvgIpc) is 2.66. The summed E-state index contributed by atoms with van der Waals surface area (Å²) in [6.07, 6.45) is 1.10. The SMILES string of the molecule is C=C/C(F)=C(/O)C[C@@H](C)C(C)(OCC)B1OC(C)(C)C(C)(C)O1. The fraction of sp³-hybridized carbons (Fsp3) is 0.765. The standard InChI is InChI=1S/C17H30BFO4/c1-9-13(19)14(20)11-12(3)17(8,21-10-2)18-22-15(4,5)16(6,7)23-18/h9,12,20H,1,10-11H2,2-8H3/b14-13-/t12-,17?/m1/s1. The Kier molecular flexibility index (Phi) is 6.11. The van der Waals surface area contributed by atoms with Crippen LogP contribution in [0.15, 0.2) is 24.2 Å². The molecule has 132 valence electrons. The highest BCUT2D eigenvalue weighted by Gasteiger charge is 2.60. The minimum absolute atomic E-state index is 0.110. The van der Waals surface area contributed by atoms with Crippen LogP contribution in [0.4, 0.5) is 4.39 Å². The summed E-state index contributed by atoms with van der Waals surface area (Å²) in [7, 11) is -0.609. The molecular weight excluding hydrogens is 298 g/mol. The van der Waals surface area contributed by atoms with Crippen LogP contribution in [0.2, 0.25) is 0 Å². The first-order valence-electron chi connectivity index (χ1n) is 8.11. The predicted molar refractivity (Wildman–Crippen MR) is 90.9 cm³/mol. The second-order valence-corrected chi connectivity index (χ2v) is 7.31. The first kappa shape index (κ1) is 20.2. The van der Waals surface area contributed by atoms with Crippen LogP contribution >= 0.6 is 0 Å². The lowest BCUT2D eigenvalue weighted by Crippen LogP contribution is -2.53. The fourth-order valence-corrected chi connectivity index (χ4v) is 2.54. The molecule has 1 unspecified atom stereocenters. The van der Waals surface area contributed by atoms with Crippen LogP contribution in [-0.2, 0) is 14.0 Å². The predicted octanol–water partition coefficient (Wildman–Crippen LogP) is 4.36. The molecule has 2 atom stereocenters. The summed E-state index contributed by atoms with van der Waals surface area (Å²) >= 11 is 0. The number of hydrogen-bond acceptors (Lipinski definition) is 4. The lowest BCUT2D eigenvalue weighted by Gasteiger charge is -2.36. The summed E-state index contributed by atoms with van der Waals surface area (Å²) in [5, 5.41) is 9.86. The quantitative estimate of drug-likeness (QED) is 0.428. The molecule has 6 heteroatoms. The smallest absolute Gasteiger partial charge is 0.492 e. The van der Waals surface area contributed by atoms with Gasteiger partial charge in [-0.25, -0.2) is 4.39 Å². The van der Waals surface area contributed by atoms with Crippen LogP contribution in [0.25, 0.3) is 0 Å². The topological polar surface area (TPSA) is 47.9 Å². The minimum atomic E-state index is -0.824. The van der Waals surface area contributed by atoms with E-state index in [0.29, 0.717) is 6.61 Å². The lowest BCUT2D eigenvalue weighted by atomic mass is 9.60. The van der Waals surface area contributed by atoms with Gasteiger partial charge in [0.15, 0.2) is 5.83 Å². The molecule has 0 aliphatic carbocycles. The molecular formula is C17H30BFO4. The zero-order valence-electron chi connectivity index (χ0n) is 15.4. The molecule has 1 aliphatic heterocycles. The van der Waals surface area contributed by atoms with E-state index >= 15 is 0 Å². The van der Waals surface area contributed by atoms with E-state index in [4.69, 9.17) is 14.0 Å². The highest BCUT2D eigenvalue weighted by Crippen LogP contribution is 2.43. The third-order valence-corrected chi connectivity index (χ3v) is 5.11. The first-order chi connectivity index (χ1) is 10.4. The van der Waals surface area contributed by atoms with Gasteiger partial charge in [-0.2, -0.15) is 0 Å². The zero-order chi connectivity index (χ0) is 18.1. The molecule has 0 aromatic carbocycles. The third kappa shape index (κ3) is 3.98.